The average molecular weight is 463 g/mol. The molecule has 1 aliphatic heterocycles. The number of carbonyl (C=O) groups excluding carboxylic acids is 2. The second kappa shape index (κ2) is 12.7. The maximum absolute atomic E-state index is 12.4. The molecule has 1 heterocycles. The molecular formula is C26H30N4O4. The molecular weight excluding hydrogens is 432 g/mol. The van der Waals surface area contributed by atoms with Crippen molar-refractivity contribution in [3.8, 4) is 11.8 Å². The van der Waals surface area contributed by atoms with Crippen molar-refractivity contribution in [2.24, 2.45) is 5.73 Å². The van der Waals surface area contributed by atoms with Crippen molar-refractivity contribution in [2.45, 2.75) is 25.6 Å². The van der Waals surface area contributed by atoms with E-state index in [-0.39, 0.29) is 0 Å². The molecule has 178 valence electrons. The number of nitrogens with zero attached hydrogens (tertiary/aromatic N) is 1. The summed E-state index contributed by atoms with van der Waals surface area (Å²) in [4.78, 5) is 26.4. The average Bonchev–Trinajstić information content (AvgIpc) is 2.86. The summed E-state index contributed by atoms with van der Waals surface area (Å²) in [6.07, 6.45) is 3.74. The highest BCUT2D eigenvalue weighted by atomic mass is 16.5. The number of carbonyl (C=O) groups is 2. The summed E-state index contributed by atoms with van der Waals surface area (Å²) in [7, 11) is 0. The van der Waals surface area contributed by atoms with Crippen molar-refractivity contribution in [1.29, 1.82) is 0 Å². The molecule has 0 aliphatic carbocycles. The van der Waals surface area contributed by atoms with Crippen LogP contribution < -0.4 is 16.5 Å². The van der Waals surface area contributed by atoms with Gasteiger partial charge in [0.2, 0.25) is 0 Å². The van der Waals surface area contributed by atoms with Crippen molar-refractivity contribution in [3.05, 3.63) is 76.9 Å². The lowest BCUT2D eigenvalue weighted by atomic mass is 10.1. The Kier molecular flexibility index (Phi) is 9.38. The van der Waals surface area contributed by atoms with Crippen LogP contribution in [-0.4, -0.2) is 60.3 Å². The van der Waals surface area contributed by atoms with Gasteiger partial charge in [0.05, 0.1) is 13.2 Å². The minimum absolute atomic E-state index is 0.356. The highest BCUT2D eigenvalue weighted by Gasteiger charge is 2.24. The number of rotatable bonds is 7. The Hall–Kier alpha value is -3.48. The fourth-order valence-electron chi connectivity index (χ4n) is 3.45. The molecule has 2 amide bonds. The van der Waals surface area contributed by atoms with E-state index in [9.17, 15) is 9.59 Å². The van der Waals surface area contributed by atoms with Crippen LogP contribution in [0.2, 0.25) is 0 Å². The van der Waals surface area contributed by atoms with Crippen molar-refractivity contribution < 1.29 is 19.5 Å². The molecule has 2 atom stereocenters. The smallest absolute Gasteiger partial charge is 0.267 e. The van der Waals surface area contributed by atoms with Crippen LogP contribution in [0.15, 0.2) is 54.6 Å². The predicted octanol–water partition coefficient (Wildman–Crippen LogP) is 1.53. The first kappa shape index (κ1) is 25.1. The quantitative estimate of drug-likeness (QED) is 0.282. The number of benzene rings is 2. The van der Waals surface area contributed by atoms with E-state index in [0.29, 0.717) is 5.56 Å². The van der Waals surface area contributed by atoms with Gasteiger partial charge in [-0.3, -0.25) is 19.7 Å². The van der Waals surface area contributed by atoms with Crippen LogP contribution in [0.5, 0.6) is 0 Å². The zero-order valence-corrected chi connectivity index (χ0v) is 19.2. The molecule has 8 heteroatoms. The van der Waals surface area contributed by atoms with Crippen LogP contribution >= 0.6 is 0 Å². The second-order valence-electron chi connectivity index (χ2n) is 8.10. The van der Waals surface area contributed by atoms with E-state index in [1.54, 1.807) is 37.3 Å². The van der Waals surface area contributed by atoms with Gasteiger partial charge >= 0.3 is 0 Å². The molecule has 1 saturated heterocycles. The van der Waals surface area contributed by atoms with Gasteiger partial charge in [-0.2, -0.15) is 0 Å². The monoisotopic (exact) mass is 462 g/mol. The number of allylic oxidation sites excluding steroid dienone is 1. The Balaban J connectivity index is 1.53. The minimum atomic E-state index is -1.05. The lowest BCUT2D eigenvalue weighted by Crippen LogP contribution is -2.54. The van der Waals surface area contributed by atoms with Gasteiger partial charge in [-0.25, -0.2) is 5.48 Å². The van der Waals surface area contributed by atoms with Crippen LogP contribution in [0.4, 0.5) is 0 Å². The van der Waals surface area contributed by atoms with Gasteiger partial charge < -0.3 is 15.8 Å². The first-order valence-corrected chi connectivity index (χ1v) is 11.1. The summed E-state index contributed by atoms with van der Waals surface area (Å²) in [6, 6.07) is 13.4. The molecule has 0 spiro atoms. The Morgan fingerprint density at radius 3 is 2.44 bits per heavy atom. The molecule has 0 bridgehead atoms. The number of hydroxylamine groups is 1. The highest BCUT2D eigenvalue weighted by Crippen LogP contribution is 2.10. The summed E-state index contributed by atoms with van der Waals surface area (Å²) in [5.41, 5.74) is 10.7. The van der Waals surface area contributed by atoms with Gasteiger partial charge in [-0.1, -0.05) is 36.1 Å². The third-order valence-electron chi connectivity index (χ3n) is 5.42. The third kappa shape index (κ3) is 7.54. The maximum atomic E-state index is 12.4. The van der Waals surface area contributed by atoms with Crippen LogP contribution in [-0.2, 0) is 16.1 Å². The molecule has 2 aromatic carbocycles. The first-order valence-electron chi connectivity index (χ1n) is 11.1. The van der Waals surface area contributed by atoms with Crippen molar-refractivity contribution >= 4 is 17.9 Å². The molecule has 0 radical (unpaired) electrons. The van der Waals surface area contributed by atoms with Gasteiger partial charge in [-0.15, -0.1) is 0 Å². The largest absolute Gasteiger partial charge is 0.379 e. The van der Waals surface area contributed by atoms with Gasteiger partial charge in [-0.05, 0) is 54.5 Å². The Morgan fingerprint density at radius 1 is 1.15 bits per heavy atom. The zero-order chi connectivity index (χ0) is 24.3. The van der Waals surface area contributed by atoms with E-state index in [1.807, 2.05) is 6.08 Å². The fourth-order valence-corrected chi connectivity index (χ4v) is 3.45. The van der Waals surface area contributed by atoms with Crippen molar-refractivity contribution in [3.63, 3.8) is 0 Å². The molecule has 34 heavy (non-hydrogen) atoms. The number of ether oxygens (including phenoxy) is 1. The topological polar surface area (TPSA) is 117 Å². The van der Waals surface area contributed by atoms with Crippen LogP contribution in [0.1, 0.15) is 34.0 Å². The van der Waals surface area contributed by atoms with E-state index < -0.39 is 23.9 Å². The predicted molar refractivity (Wildman–Crippen MR) is 130 cm³/mol. The lowest BCUT2D eigenvalue weighted by Gasteiger charge is -2.26. The summed E-state index contributed by atoms with van der Waals surface area (Å²) in [6.45, 7) is 6.03. The maximum Gasteiger partial charge on any atom is 0.267 e. The van der Waals surface area contributed by atoms with Crippen molar-refractivity contribution in [1.82, 2.24) is 15.7 Å². The van der Waals surface area contributed by atoms with Gasteiger partial charge in [0.25, 0.3) is 11.8 Å². The number of nitrogens with one attached hydrogen (secondary N) is 2. The van der Waals surface area contributed by atoms with E-state index in [1.165, 1.54) is 11.0 Å². The van der Waals surface area contributed by atoms with Crippen LogP contribution in [0, 0.1) is 11.8 Å². The standard InChI is InChI=1S/C26H30N4O4/c1-19(27)24(26(32)29-33)28-25(31)23-12-10-21(11-13-23)5-3-2-4-20-6-8-22(9-7-20)18-30-14-16-34-17-15-30/h2,4,6-13,19,24,33H,14-18,27H2,1H3,(H,28,31)(H,29,32)/t19-,24+/m1/s1. The Morgan fingerprint density at radius 2 is 1.82 bits per heavy atom. The molecule has 1 aliphatic rings. The Bertz CT molecular complexity index is 1050. The van der Waals surface area contributed by atoms with Gasteiger partial charge in [0.1, 0.15) is 6.04 Å². The van der Waals surface area contributed by atoms with E-state index >= 15 is 0 Å². The number of amides is 2. The summed E-state index contributed by atoms with van der Waals surface area (Å²) < 4.78 is 5.39. The molecule has 0 unspecified atom stereocenters. The molecule has 3 rings (SSSR count). The minimum Gasteiger partial charge on any atom is -0.379 e. The first-order chi connectivity index (χ1) is 16.5. The third-order valence-corrected chi connectivity index (χ3v) is 5.42. The molecule has 1 fully saturated rings. The number of morpholine rings is 1. The lowest BCUT2D eigenvalue weighted by molar-refractivity contribution is -0.131. The van der Waals surface area contributed by atoms with Crippen molar-refractivity contribution in [2.75, 3.05) is 26.3 Å². The van der Waals surface area contributed by atoms with E-state index in [2.05, 4.69) is 46.3 Å². The van der Waals surface area contributed by atoms with Gasteiger partial charge in [0.15, 0.2) is 0 Å². The van der Waals surface area contributed by atoms with E-state index in [4.69, 9.17) is 15.7 Å². The number of hydrogen-bond donors (Lipinski definition) is 4. The van der Waals surface area contributed by atoms with Gasteiger partial charge in [0, 0.05) is 36.8 Å². The van der Waals surface area contributed by atoms with E-state index in [0.717, 1.165) is 44.0 Å². The normalized spacial score (nSPS) is 15.7. The summed E-state index contributed by atoms with van der Waals surface area (Å²) in [5, 5.41) is 11.3. The molecule has 5 N–H and O–H groups in total. The zero-order valence-electron chi connectivity index (χ0n) is 19.2. The molecule has 0 aromatic heterocycles. The molecule has 2 aromatic rings. The Labute approximate surface area is 199 Å². The second-order valence-corrected chi connectivity index (χ2v) is 8.10. The number of nitrogens with two attached hydrogens (primary N) is 1. The SMILES string of the molecule is C[C@@H](N)[C@H](NC(=O)c1ccc(C#CC=Cc2ccc(CN3CCOCC3)cc2)cc1)C(=O)NO. The molecule has 8 nitrogen and oxygen atoms in total. The summed E-state index contributed by atoms with van der Waals surface area (Å²) >= 11 is 0. The fraction of sp³-hybridized carbons (Fsp3) is 0.308. The molecule has 0 saturated carbocycles. The summed E-state index contributed by atoms with van der Waals surface area (Å²) in [5.74, 6) is 4.78. The van der Waals surface area contributed by atoms with Crippen LogP contribution in [0.25, 0.3) is 6.08 Å². The number of hydrogen-bond acceptors (Lipinski definition) is 6. The highest BCUT2D eigenvalue weighted by molar-refractivity contribution is 5.97. The van der Waals surface area contributed by atoms with Crippen LogP contribution in [0.3, 0.4) is 0 Å².